The lowest BCUT2D eigenvalue weighted by Crippen LogP contribution is -2.28. The van der Waals surface area contributed by atoms with Crippen molar-refractivity contribution in [3.05, 3.63) is 54.6 Å². The van der Waals surface area contributed by atoms with Crippen molar-refractivity contribution in [2.45, 2.75) is 25.7 Å². The maximum atomic E-state index is 12.1. The largest absolute Gasteiger partial charge is 0.326 e. The van der Waals surface area contributed by atoms with Crippen LogP contribution in [0, 0.1) is 5.92 Å². The van der Waals surface area contributed by atoms with E-state index in [1.807, 2.05) is 30.3 Å². The summed E-state index contributed by atoms with van der Waals surface area (Å²) in [5, 5.41) is 11.8. The molecule has 1 heterocycles. The molecule has 4 N–H and O–H groups in total. The zero-order valence-electron chi connectivity index (χ0n) is 15.7. The van der Waals surface area contributed by atoms with E-state index in [1.54, 1.807) is 24.3 Å². The van der Waals surface area contributed by atoms with Crippen LogP contribution in [0.4, 0.5) is 21.9 Å². The monoisotopic (exact) mass is 402 g/mol. The number of benzene rings is 2. The molecule has 7 heteroatoms. The third-order valence-corrected chi connectivity index (χ3v) is 4.70. The van der Waals surface area contributed by atoms with Crippen molar-refractivity contribution in [2.24, 2.45) is 5.92 Å². The van der Waals surface area contributed by atoms with Crippen LogP contribution in [0.3, 0.4) is 0 Å². The third-order valence-electron chi connectivity index (χ3n) is 4.70. The predicted octanol–water partition coefficient (Wildman–Crippen LogP) is 4.47. The maximum Gasteiger partial charge on any atom is 0.323 e. The standard InChI is InChI=1S/C21H26N4O2.ClH/c26-20(11-6-16-12-14-22-15-13-16)23-18-7-9-19(10-8-18)25-21(27)24-17-4-2-1-3-5-17;/h1-5,7-10,16,22H,6,11-15H2,(H,23,26)(H2,24,25,27);1H. The lowest BCUT2D eigenvalue weighted by atomic mass is 9.93. The minimum atomic E-state index is -0.306. The van der Waals surface area contributed by atoms with E-state index in [-0.39, 0.29) is 24.3 Å². The van der Waals surface area contributed by atoms with Crippen LogP contribution in [-0.4, -0.2) is 25.0 Å². The topological polar surface area (TPSA) is 82.3 Å². The molecule has 0 bridgehead atoms. The van der Waals surface area contributed by atoms with Gasteiger partial charge >= 0.3 is 6.03 Å². The number of nitrogens with one attached hydrogen (secondary N) is 4. The van der Waals surface area contributed by atoms with E-state index in [9.17, 15) is 9.59 Å². The van der Waals surface area contributed by atoms with Gasteiger partial charge in [0.1, 0.15) is 0 Å². The molecule has 1 aliphatic heterocycles. The Labute approximate surface area is 171 Å². The van der Waals surface area contributed by atoms with E-state index < -0.39 is 0 Å². The van der Waals surface area contributed by atoms with E-state index in [0.717, 1.165) is 43.7 Å². The van der Waals surface area contributed by atoms with Gasteiger partial charge < -0.3 is 21.3 Å². The molecule has 0 unspecified atom stereocenters. The second-order valence-electron chi connectivity index (χ2n) is 6.80. The summed E-state index contributed by atoms with van der Waals surface area (Å²) in [7, 11) is 0. The predicted molar refractivity (Wildman–Crippen MR) is 116 cm³/mol. The summed E-state index contributed by atoms with van der Waals surface area (Å²) in [6.45, 7) is 2.11. The van der Waals surface area contributed by atoms with Gasteiger partial charge in [-0.05, 0) is 74.7 Å². The van der Waals surface area contributed by atoms with Crippen molar-refractivity contribution in [3.63, 3.8) is 0 Å². The van der Waals surface area contributed by atoms with Crippen LogP contribution < -0.4 is 21.3 Å². The van der Waals surface area contributed by atoms with Crippen LogP contribution in [0.2, 0.25) is 0 Å². The van der Waals surface area contributed by atoms with E-state index in [1.165, 1.54) is 0 Å². The molecule has 6 nitrogen and oxygen atoms in total. The van der Waals surface area contributed by atoms with Crippen LogP contribution in [0.5, 0.6) is 0 Å². The minimum Gasteiger partial charge on any atom is -0.326 e. The van der Waals surface area contributed by atoms with Crippen LogP contribution in [0.1, 0.15) is 25.7 Å². The number of hydrogen-bond acceptors (Lipinski definition) is 3. The highest BCUT2D eigenvalue weighted by atomic mass is 35.5. The van der Waals surface area contributed by atoms with Gasteiger partial charge in [0.2, 0.25) is 5.91 Å². The molecule has 0 aromatic heterocycles. The quantitative estimate of drug-likeness (QED) is 0.575. The number of carbonyl (C=O) groups excluding carboxylic acids is 2. The lowest BCUT2D eigenvalue weighted by Gasteiger charge is -2.22. The number of carbonyl (C=O) groups is 2. The Bertz CT molecular complexity index is 747. The molecule has 0 aliphatic carbocycles. The fourth-order valence-electron chi connectivity index (χ4n) is 3.18. The molecule has 3 rings (SSSR count). The first kappa shape index (κ1) is 21.7. The number of anilines is 3. The summed E-state index contributed by atoms with van der Waals surface area (Å²) in [5.74, 6) is 0.683. The van der Waals surface area contributed by atoms with Crippen LogP contribution in [0.25, 0.3) is 0 Å². The summed E-state index contributed by atoms with van der Waals surface area (Å²) in [6.07, 6.45) is 3.79. The van der Waals surface area contributed by atoms with E-state index in [4.69, 9.17) is 0 Å². The van der Waals surface area contributed by atoms with Gasteiger partial charge in [-0.3, -0.25) is 4.79 Å². The highest BCUT2D eigenvalue weighted by Gasteiger charge is 2.14. The molecule has 0 spiro atoms. The summed E-state index contributed by atoms with van der Waals surface area (Å²) < 4.78 is 0. The van der Waals surface area contributed by atoms with Gasteiger partial charge in [0.25, 0.3) is 0 Å². The zero-order valence-corrected chi connectivity index (χ0v) is 16.6. The van der Waals surface area contributed by atoms with Crippen molar-refractivity contribution >= 4 is 41.4 Å². The second-order valence-corrected chi connectivity index (χ2v) is 6.80. The van der Waals surface area contributed by atoms with Crippen LogP contribution in [-0.2, 0) is 4.79 Å². The smallest absolute Gasteiger partial charge is 0.323 e. The second kappa shape index (κ2) is 11.3. The fourth-order valence-corrected chi connectivity index (χ4v) is 3.18. The number of para-hydroxylation sites is 1. The zero-order chi connectivity index (χ0) is 18.9. The van der Waals surface area contributed by atoms with E-state index in [0.29, 0.717) is 18.0 Å². The summed E-state index contributed by atoms with van der Waals surface area (Å²) >= 11 is 0. The number of urea groups is 1. The molecule has 1 aliphatic rings. The molecule has 0 saturated carbocycles. The molecule has 150 valence electrons. The molecule has 3 amide bonds. The van der Waals surface area contributed by atoms with Crippen LogP contribution >= 0.6 is 12.4 Å². The van der Waals surface area contributed by atoms with Crippen molar-refractivity contribution in [2.75, 3.05) is 29.0 Å². The Balaban J connectivity index is 0.00000280. The molecule has 28 heavy (non-hydrogen) atoms. The Morgan fingerprint density at radius 3 is 1.96 bits per heavy atom. The Morgan fingerprint density at radius 1 is 0.821 bits per heavy atom. The number of rotatable bonds is 6. The van der Waals surface area contributed by atoms with E-state index in [2.05, 4.69) is 21.3 Å². The maximum absolute atomic E-state index is 12.1. The Morgan fingerprint density at radius 2 is 1.36 bits per heavy atom. The van der Waals surface area contributed by atoms with E-state index >= 15 is 0 Å². The van der Waals surface area contributed by atoms with Gasteiger partial charge in [-0.15, -0.1) is 12.4 Å². The van der Waals surface area contributed by atoms with Crippen molar-refractivity contribution in [1.82, 2.24) is 5.32 Å². The molecule has 0 atom stereocenters. The lowest BCUT2D eigenvalue weighted by molar-refractivity contribution is -0.116. The number of halogens is 1. The summed E-state index contributed by atoms with van der Waals surface area (Å²) in [6, 6.07) is 16.1. The highest BCUT2D eigenvalue weighted by Crippen LogP contribution is 2.19. The van der Waals surface area contributed by atoms with Crippen molar-refractivity contribution in [3.8, 4) is 0 Å². The molecule has 2 aromatic rings. The van der Waals surface area contributed by atoms with Gasteiger partial charge in [0.15, 0.2) is 0 Å². The van der Waals surface area contributed by atoms with Gasteiger partial charge in [0.05, 0.1) is 0 Å². The number of amides is 3. The normalized spacial score (nSPS) is 13.9. The number of piperidine rings is 1. The first-order valence-corrected chi connectivity index (χ1v) is 9.43. The summed E-state index contributed by atoms with van der Waals surface area (Å²) in [5.41, 5.74) is 2.13. The fraction of sp³-hybridized carbons (Fsp3) is 0.333. The average Bonchev–Trinajstić information content (AvgIpc) is 2.69. The molecular weight excluding hydrogens is 376 g/mol. The molecule has 1 fully saturated rings. The minimum absolute atomic E-state index is 0. The Kier molecular flexibility index (Phi) is 8.78. The van der Waals surface area contributed by atoms with Crippen LogP contribution in [0.15, 0.2) is 54.6 Å². The molecular formula is C21H27ClN4O2. The van der Waals surface area contributed by atoms with Crippen molar-refractivity contribution < 1.29 is 9.59 Å². The van der Waals surface area contributed by atoms with Gasteiger partial charge in [-0.25, -0.2) is 4.79 Å². The Hall–Kier alpha value is -2.57. The highest BCUT2D eigenvalue weighted by molar-refractivity contribution is 6.00. The summed E-state index contributed by atoms with van der Waals surface area (Å²) in [4.78, 5) is 24.1. The molecule has 1 saturated heterocycles. The molecule has 2 aromatic carbocycles. The number of hydrogen-bond donors (Lipinski definition) is 4. The molecule has 0 radical (unpaired) electrons. The van der Waals surface area contributed by atoms with Gasteiger partial charge in [-0.2, -0.15) is 0 Å². The van der Waals surface area contributed by atoms with Gasteiger partial charge in [0, 0.05) is 23.5 Å². The van der Waals surface area contributed by atoms with Crippen molar-refractivity contribution in [1.29, 1.82) is 0 Å². The first-order valence-electron chi connectivity index (χ1n) is 9.43. The third kappa shape index (κ3) is 7.21. The van der Waals surface area contributed by atoms with Gasteiger partial charge in [-0.1, -0.05) is 18.2 Å². The average molecular weight is 403 g/mol. The SMILES string of the molecule is Cl.O=C(CCC1CCNCC1)Nc1ccc(NC(=O)Nc2ccccc2)cc1. The first-order chi connectivity index (χ1) is 13.2.